The molecule has 0 bridgehead atoms. The average Bonchev–Trinajstić information content (AvgIpc) is 2.14. The third-order valence-electron chi connectivity index (χ3n) is 2.48. The maximum Gasteiger partial charge on any atom is 0.347 e. The number of hydrogen-bond donors (Lipinski definition) is 1. The number of nitrogens with zero attached hydrogens (tertiary/aromatic N) is 2. The van der Waals surface area contributed by atoms with Crippen LogP contribution in [0.3, 0.4) is 0 Å². The first-order valence-corrected chi connectivity index (χ1v) is 6.52. The quantitative estimate of drug-likeness (QED) is 0.748. The number of fused-ring (bicyclic) bond motifs is 1. The molecule has 0 radical (unpaired) electrons. The lowest BCUT2D eigenvalue weighted by Crippen LogP contribution is -2.46. The minimum atomic E-state index is -3.99. The van der Waals surface area contributed by atoms with Crippen LogP contribution in [0.5, 0.6) is 0 Å². The number of amides is 1. The SMILES string of the molecule is CC(C)N1C(=O)C2=C(O)CC=CC2=NS1(=O)=O. The number of allylic oxidation sites excluding steroid dienone is 2. The first-order valence-electron chi connectivity index (χ1n) is 5.12. The Hall–Kier alpha value is -1.63. The summed E-state index contributed by atoms with van der Waals surface area (Å²) in [6, 6.07) is -0.538. The van der Waals surface area contributed by atoms with Gasteiger partial charge >= 0.3 is 10.2 Å². The number of aliphatic hydroxyl groups is 1. The molecule has 1 aliphatic carbocycles. The van der Waals surface area contributed by atoms with Gasteiger partial charge < -0.3 is 5.11 Å². The Balaban J connectivity index is 2.67. The van der Waals surface area contributed by atoms with E-state index in [1.807, 2.05) is 0 Å². The number of aliphatic hydroxyl groups excluding tert-OH is 1. The summed E-state index contributed by atoms with van der Waals surface area (Å²) in [6.45, 7) is 3.15. The third kappa shape index (κ3) is 1.76. The van der Waals surface area contributed by atoms with Crippen LogP contribution in [0.2, 0.25) is 0 Å². The van der Waals surface area contributed by atoms with Crippen LogP contribution in [0.15, 0.2) is 27.9 Å². The van der Waals surface area contributed by atoms with E-state index in [2.05, 4.69) is 4.40 Å². The Morgan fingerprint density at radius 3 is 2.71 bits per heavy atom. The van der Waals surface area contributed by atoms with Crippen LogP contribution >= 0.6 is 0 Å². The van der Waals surface area contributed by atoms with Crippen molar-refractivity contribution in [1.29, 1.82) is 0 Å². The van der Waals surface area contributed by atoms with Crippen LogP contribution in [-0.2, 0) is 15.0 Å². The van der Waals surface area contributed by atoms with Gasteiger partial charge in [-0.25, -0.2) is 4.31 Å². The molecule has 0 fully saturated rings. The molecule has 0 aromatic rings. The van der Waals surface area contributed by atoms with Crippen LogP contribution in [0.1, 0.15) is 20.3 Å². The maximum absolute atomic E-state index is 12.0. The molecule has 92 valence electrons. The van der Waals surface area contributed by atoms with Gasteiger partial charge in [0.25, 0.3) is 5.91 Å². The van der Waals surface area contributed by atoms with E-state index in [0.29, 0.717) is 4.31 Å². The number of carbonyl (C=O) groups is 1. The summed E-state index contributed by atoms with van der Waals surface area (Å²) in [5.74, 6) is -0.858. The van der Waals surface area contributed by atoms with Crippen molar-refractivity contribution in [2.75, 3.05) is 0 Å². The predicted molar refractivity (Wildman–Crippen MR) is 61.7 cm³/mol. The van der Waals surface area contributed by atoms with Gasteiger partial charge in [0.15, 0.2) is 0 Å². The van der Waals surface area contributed by atoms with Crippen molar-refractivity contribution >= 4 is 21.8 Å². The van der Waals surface area contributed by atoms with Crippen molar-refractivity contribution in [3.8, 4) is 0 Å². The third-order valence-corrected chi connectivity index (χ3v) is 3.99. The minimum absolute atomic E-state index is 0.00986. The molecule has 7 heteroatoms. The average molecular weight is 256 g/mol. The van der Waals surface area contributed by atoms with Gasteiger partial charge in [-0.3, -0.25) is 4.79 Å². The van der Waals surface area contributed by atoms with E-state index in [9.17, 15) is 18.3 Å². The lowest BCUT2D eigenvalue weighted by atomic mass is 10.0. The summed E-state index contributed by atoms with van der Waals surface area (Å²) >= 11 is 0. The molecular formula is C10H12N2O4S. The van der Waals surface area contributed by atoms with Gasteiger partial charge in [-0.05, 0) is 19.9 Å². The molecule has 6 nitrogen and oxygen atoms in total. The van der Waals surface area contributed by atoms with Crippen molar-refractivity contribution in [1.82, 2.24) is 4.31 Å². The second kappa shape index (κ2) is 3.69. The highest BCUT2D eigenvalue weighted by Crippen LogP contribution is 2.26. The minimum Gasteiger partial charge on any atom is -0.511 e. The van der Waals surface area contributed by atoms with E-state index in [-0.39, 0.29) is 23.5 Å². The Labute approximate surface area is 99.1 Å². The maximum atomic E-state index is 12.0. The predicted octanol–water partition coefficient (Wildman–Crippen LogP) is 0.695. The van der Waals surface area contributed by atoms with Gasteiger partial charge in [-0.15, -0.1) is 4.40 Å². The summed E-state index contributed by atoms with van der Waals surface area (Å²) in [4.78, 5) is 12.0. The second-order valence-electron chi connectivity index (χ2n) is 4.08. The van der Waals surface area contributed by atoms with E-state index >= 15 is 0 Å². The van der Waals surface area contributed by atoms with Crippen LogP contribution in [0.25, 0.3) is 0 Å². The summed E-state index contributed by atoms with van der Waals surface area (Å²) in [6.07, 6.45) is 3.21. The highest BCUT2D eigenvalue weighted by atomic mass is 32.2. The van der Waals surface area contributed by atoms with Crippen molar-refractivity contribution in [2.24, 2.45) is 4.40 Å². The summed E-state index contributed by atoms with van der Waals surface area (Å²) in [7, 11) is -3.99. The molecule has 0 spiro atoms. The van der Waals surface area contributed by atoms with Gasteiger partial charge in [0.1, 0.15) is 11.3 Å². The molecule has 1 N–H and O–H groups in total. The van der Waals surface area contributed by atoms with Crippen LogP contribution in [0.4, 0.5) is 0 Å². The standard InChI is InChI=1S/C10H12N2O4S/c1-6(2)12-10(14)9-7(11-17(12,15)16)4-3-5-8(9)13/h3-4,6,13H,5H2,1-2H3. The number of rotatable bonds is 1. The lowest BCUT2D eigenvalue weighted by molar-refractivity contribution is -0.123. The van der Waals surface area contributed by atoms with Crippen molar-refractivity contribution in [3.63, 3.8) is 0 Å². The Morgan fingerprint density at radius 2 is 2.12 bits per heavy atom. The van der Waals surface area contributed by atoms with Gasteiger partial charge in [0.05, 0.1) is 5.71 Å². The molecule has 1 aliphatic heterocycles. The molecule has 0 saturated heterocycles. The largest absolute Gasteiger partial charge is 0.511 e. The van der Waals surface area contributed by atoms with E-state index < -0.39 is 22.2 Å². The Kier molecular flexibility index (Phi) is 2.57. The zero-order valence-corrected chi connectivity index (χ0v) is 10.2. The molecule has 0 saturated carbocycles. The second-order valence-corrected chi connectivity index (χ2v) is 5.55. The zero-order valence-electron chi connectivity index (χ0n) is 9.41. The van der Waals surface area contributed by atoms with Crippen LogP contribution in [-0.4, -0.2) is 35.5 Å². The molecule has 1 heterocycles. The Morgan fingerprint density at radius 1 is 1.47 bits per heavy atom. The number of carbonyl (C=O) groups excluding carboxylic acids is 1. The summed E-state index contributed by atoms with van der Waals surface area (Å²) in [5.41, 5.74) is -0.00771. The zero-order chi connectivity index (χ0) is 12.8. The highest BCUT2D eigenvalue weighted by molar-refractivity contribution is 7.88. The van der Waals surface area contributed by atoms with Gasteiger partial charge in [0.2, 0.25) is 0 Å². The van der Waals surface area contributed by atoms with E-state index in [4.69, 9.17) is 0 Å². The van der Waals surface area contributed by atoms with E-state index in [1.165, 1.54) is 6.08 Å². The molecule has 0 aromatic heterocycles. The normalized spacial score (nSPS) is 22.9. The molecule has 0 unspecified atom stereocenters. The monoisotopic (exact) mass is 256 g/mol. The Bertz CT molecular complexity index is 569. The lowest BCUT2D eigenvalue weighted by Gasteiger charge is -2.29. The van der Waals surface area contributed by atoms with E-state index in [1.54, 1.807) is 19.9 Å². The topological polar surface area (TPSA) is 87.0 Å². The molecule has 17 heavy (non-hydrogen) atoms. The van der Waals surface area contributed by atoms with E-state index in [0.717, 1.165) is 0 Å². The van der Waals surface area contributed by atoms with Crippen molar-refractivity contribution < 1.29 is 18.3 Å². The summed E-state index contributed by atoms with van der Waals surface area (Å²) in [5, 5.41) is 9.65. The van der Waals surface area contributed by atoms with Crippen molar-refractivity contribution in [3.05, 3.63) is 23.5 Å². The van der Waals surface area contributed by atoms with Gasteiger partial charge in [0, 0.05) is 12.5 Å². The fourth-order valence-electron chi connectivity index (χ4n) is 1.81. The van der Waals surface area contributed by atoms with Crippen LogP contribution < -0.4 is 0 Å². The smallest absolute Gasteiger partial charge is 0.347 e. The van der Waals surface area contributed by atoms with Crippen LogP contribution in [0, 0.1) is 0 Å². The molecule has 1 amide bonds. The highest BCUT2D eigenvalue weighted by Gasteiger charge is 2.40. The fourth-order valence-corrected chi connectivity index (χ4v) is 3.13. The fraction of sp³-hybridized carbons (Fsp3) is 0.400. The molecule has 2 aliphatic rings. The first kappa shape index (κ1) is 11.8. The van der Waals surface area contributed by atoms with Crippen molar-refractivity contribution in [2.45, 2.75) is 26.3 Å². The first-order chi connectivity index (χ1) is 7.84. The summed E-state index contributed by atoms with van der Waals surface area (Å²) < 4.78 is 27.8. The van der Waals surface area contributed by atoms with Gasteiger partial charge in [-0.2, -0.15) is 8.42 Å². The molecule has 0 aromatic carbocycles. The molecule has 0 atom stereocenters. The molecule has 2 rings (SSSR count). The molecular weight excluding hydrogens is 244 g/mol. The number of hydrogen-bond acceptors (Lipinski definition) is 4. The van der Waals surface area contributed by atoms with Gasteiger partial charge in [-0.1, -0.05) is 6.08 Å².